The molecule has 1 fully saturated rings. The van der Waals surface area contributed by atoms with Gasteiger partial charge in [0.25, 0.3) is 5.91 Å². The number of carbonyl (C=O) groups is 1. The summed E-state index contributed by atoms with van der Waals surface area (Å²) in [6.45, 7) is 2.79. The first-order valence-corrected chi connectivity index (χ1v) is 10.7. The van der Waals surface area contributed by atoms with E-state index >= 15 is 0 Å². The molecule has 0 spiro atoms. The topological polar surface area (TPSA) is 29.5 Å². The van der Waals surface area contributed by atoms with Crippen LogP contribution in [0, 0.1) is 0 Å². The summed E-state index contributed by atoms with van der Waals surface area (Å²) in [7, 11) is 0. The highest BCUT2D eigenvalue weighted by Crippen LogP contribution is 2.40. The predicted octanol–water partition coefficient (Wildman–Crippen LogP) is 5.75. The lowest BCUT2D eigenvalue weighted by molar-refractivity contribution is -0.122. The van der Waals surface area contributed by atoms with Crippen molar-refractivity contribution in [3.8, 4) is 5.75 Å². The monoisotopic (exact) mass is 407 g/mol. The van der Waals surface area contributed by atoms with Crippen molar-refractivity contribution in [3.63, 3.8) is 0 Å². The number of thiocarbonyl (C=S) groups is 1. The number of hydrogen-bond donors (Lipinski definition) is 0. The molecule has 2 aliphatic heterocycles. The lowest BCUT2D eigenvalue weighted by Gasteiger charge is -2.26. The van der Waals surface area contributed by atoms with Crippen LogP contribution in [0.1, 0.15) is 37.0 Å². The molecule has 0 radical (unpaired) electrons. The van der Waals surface area contributed by atoms with Crippen molar-refractivity contribution in [3.05, 3.63) is 82.3 Å². The van der Waals surface area contributed by atoms with Gasteiger partial charge in [0, 0.05) is 12.1 Å². The molecule has 4 rings (SSSR count). The van der Waals surface area contributed by atoms with E-state index in [1.54, 1.807) is 4.90 Å². The minimum atomic E-state index is -0.254. The molecule has 28 heavy (non-hydrogen) atoms. The summed E-state index contributed by atoms with van der Waals surface area (Å²) in [5.74, 6) is 0.846. The van der Waals surface area contributed by atoms with E-state index in [2.05, 4.69) is 13.0 Å². The maximum absolute atomic E-state index is 12.9. The molecular weight excluding hydrogens is 386 g/mol. The highest BCUT2D eigenvalue weighted by molar-refractivity contribution is 8.26. The van der Waals surface area contributed by atoms with Gasteiger partial charge in [-0.15, -0.1) is 0 Å². The lowest BCUT2D eigenvalue weighted by atomic mass is 9.95. The van der Waals surface area contributed by atoms with Gasteiger partial charge in [-0.05, 0) is 35.8 Å². The van der Waals surface area contributed by atoms with Gasteiger partial charge in [-0.3, -0.25) is 9.69 Å². The van der Waals surface area contributed by atoms with Gasteiger partial charge >= 0.3 is 0 Å². The molecule has 2 aromatic carbocycles. The zero-order chi connectivity index (χ0) is 19.5. The largest absolute Gasteiger partial charge is 0.480 e. The van der Waals surface area contributed by atoms with Crippen LogP contribution in [-0.4, -0.2) is 21.7 Å². The molecule has 0 aliphatic carbocycles. The highest BCUT2D eigenvalue weighted by Gasteiger charge is 2.33. The highest BCUT2D eigenvalue weighted by atomic mass is 32.2. The summed E-state index contributed by atoms with van der Waals surface area (Å²) < 4.78 is 6.95. The summed E-state index contributed by atoms with van der Waals surface area (Å²) in [4.78, 5) is 15.2. The van der Waals surface area contributed by atoms with Crippen molar-refractivity contribution < 1.29 is 9.53 Å². The second kappa shape index (κ2) is 8.33. The summed E-state index contributed by atoms with van der Waals surface area (Å²) in [5, 5.41) is 0. The maximum atomic E-state index is 12.9. The normalized spacial score (nSPS) is 20.2. The van der Waals surface area contributed by atoms with Crippen LogP contribution in [0.4, 0.5) is 0 Å². The summed E-state index contributed by atoms with van der Waals surface area (Å²) >= 11 is 6.82. The van der Waals surface area contributed by atoms with Crippen molar-refractivity contribution in [2.45, 2.75) is 25.9 Å². The average Bonchev–Trinajstić information content (AvgIpc) is 2.99. The Hall–Kier alpha value is -2.37. The number of ether oxygens (including phenoxy) is 1. The Balaban J connectivity index is 1.71. The minimum absolute atomic E-state index is 0.00461. The fourth-order valence-electron chi connectivity index (χ4n) is 3.32. The quantitative estimate of drug-likeness (QED) is 0.466. The molecule has 2 aromatic rings. The number of unbranched alkanes of at least 4 members (excludes halogenated alkanes) is 1. The Bertz CT molecular complexity index is 966. The summed E-state index contributed by atoms with van der Waals surface area (Å²) in [6.07, 6.45) is 5.77. The van der Waals surface area contributed by atoms with Gasteiger partial charge in [-0.25, -0.2) is 0 Å². The van der Waals surface area contributed by atoms with E-state index < -0.39 is 0 Å². The van der Waals surface area contributed by atoms with Gasteiger partial charge < -0.3 is 4.74 Å². The van der Waals surface area contributed by atoms with Crippen LogP contribution < -0.4 is 4.74 Å². The van der Waals surface area contributed by atoms with E-state index in [-0.39, 0.29) is 12.0 Å². The molecule has 3 nitrogen and oxygen atoms in total. The van der Waals surface area contributed by atoms with E-state index in [9.17, 15) is 4.79 Å². The molecule has 2 heterocycles. The van der Waals surface area contributed by atoms with Gasteiger partial charge in [0.05, 0.1) is 4.91 Å². The first-order valence-electron chi connectivity index (χ1n) is 9.45. The van der Waals surface area contributed by atoms with Gasteiger partial charge in [-0.1, -0.05) is 85.9 Å². The average molecular weight is 408 g/mol. The zero-order valence-corrected chi connectivity index (χ0v) is 17.3. The van der Waals surface area contributed by atoms with Crippen LogP contribution in [0.15, 0.2) is 71.2 Å². The predicted molar refractivity (Wildman–Crippen MR) is 119 cm³/mol. The molecule has 2 aliphatic rings. The lowest BCUT2D eigenvalue weighted by Crippen LogP contribution is -2.29. The molecule has 0 N–H and O–H groups in total. The van der Waals surface area contributed by atoms with Gasteiger partial charge in [-0.2, -0.15) is 0 Å². The number of rotatable bonds is 5. The van der Waals surface area contributed by atoms with Crippen LogP contribution in [0.2, 0.25) is 0 Å². The molecule has 1 atom stereocenters. The fourth-order valence-corrected chi connectivity index (χ4v) is 4.63. The Morgan fingerprint density at radius 1 is 1.14 bits per heavy atom. The number of thioether (sulfide) groups is 1. The van der Waals surface area contributed by atoms with E-state index in [1.165, 1.54) is 11.8 Å². The number of fused-ring (bicyclic) bond motifs is 1. The van der Waals surface area contributed by atoms with Crippen LogP contribution in [-0.2, 0) is 4.79 Å². The second-order valence-corrected chi connectivity index (χ2v) is 8.45. The first kappa shape index (κ1) is 19.0. The Morgan fingerprint density at radius 3 is 2.68 bits per heavy atom. The van der Waals surface area contributed by atoms with Gasteiger partial charge in [0.2, 0.25) is 0 Å². The SMILES string of the molecule is CCCCN1C(=O)C(=CC2=Cc3ccccc3OC2c2ccccc2)SC1=S. The third kappa shape index (κ3) is 3.77. The van der Waals surface area contributed by atoms with Crippen LogP contribution in [0.5, 0.6) is 5.75 Å². The molecule has 142 valence electrons. The number of hydrogen-bond acceptors (Lipinski definition) is 4. The molecule has 0 aromatic heterocycles. The maximum Gasteiger partial charge on any atom is 0.266 e. The Labute approximate surface area is 175 Å². The molecule has 1 saturated heterocycles. The van der Waals surface area contributed by atoms with E-state index in [0.717, 1.165) is 35.3 Å². The van der Waals surface area contributed by atoms with Crippen molar-refractivity contribution in [1.82, 2.24) is 4.90 Å². The number of carbonyl (C=O) groups excluding carboxylic acids is 1. The zero-order valence-electron chi connectivity index (χ0n) is 15.6. The molecule has 5 heteroatoms. The molecule has 0 bridgehead atoms. The van der Waals surface area contributed by atoms with E-state index in [0.29, 0.717) is 15.8 Å². The smallest absolute Gasteiger partial charge is 0.266 e. The Morgan fingerprint density at radius 2 is 1.89 bits per heavy atom. The number of nitrogens with zero attached hydrogens (tertiary/aromatic N) is 1. The van der Waals surface area contributed by atoms with Crippen LogP contribution in [0.25, 0.3) is 6.08 Å². The molecule has 1 unspecified atom stereocenters. The standard InChI is InChI=1S/C23H21NO2S2/c1-2-3-13-24-22(25)20(28-23(24)27)15-18-14-17-11-7-8-12-19(17)26-21(18)16-9-5-4-6-10-16/h4-12,14-15,21H,2-3,13H2,1H3. The van der Waals surface area contributed by atoms with Crippen LogP contribution in [0.3, 0.4) is 0 Å². The molecule has 0 saturated carbocycles. The minimum Gasteiger partial charge on any atom is -0.480 e. The van der Waals surface area contributed by atoms with Crippen LogP contribution >= 0.6 is 24.0 Å². The Kier molecular flexibility index (Phi) is 5.64. The molecular formula is C23H21NO2S2. The number of para-hydroxylation sites is 1. The second-order valence-electron chi connectivity index (χ2n) is 6.78. The van der Waals surface area contributed by atoms with Crippen molar-refractivity contribution in [2.75, 3.05) is 6.54 Å². The third-order valence-corrected chi connectivity index (χ3v) is 6.18. The molecule has 1 amide bonds. The van der Waals surface area contributed by atoms with Gasteiger partial charge in [0.15, 0.2) is 0 Å². The van der Waals surface area contributed by atoms with E-state index in [1.807, 2.05) is 60.7 Å². The number of benzene rings is 2. The number of amides is 1. The van der Waals surface area contributed by atoms with Gasteiger partial charge in [0.1, 0.15) is 16.2 Å². The van der Waals surface area contributed by atoms with Crippen molar-refractivity contribution >= 4 is 40.3 Å². The summed E-state index contributed by atoms with van der Waals surface area (Å²) in [5.41, 5.74) is 3.03. The van der Waals surface area contributed by atoms with E-state index in [4.69, 9.17) is 17.0 Å². The fraction of sp³-hybridized carbons (Fsp3) is 0.217. The first-order chi connectivity index (χ1) is 13.7. The van der Waals surface area contributed by atoms with Crippen molar-refractivity contribution in [2.24, 2.45) is 0 Å². The van der Waals surface area contributed by atoms with Crippen molar-refractivity contribution in [1.29, 1.82) is 0 Å². The summed E-state index contributed by atoms with van der Waals surface area (Å²) in [6, 6.07) is 18.0. The third-order valence-electron chi connectivity index (χ3n) is 4.80.